The van der Waals surface area contributed by atoms with Gasteiger partial charge in [-0.15, -0.1) is 0 Å². The fraction of sp³-hybridized carbons (Fsp3) is 0.895. The molecule has 23 heavy (non-hydrogen) atoms. The van der Waals surface area contributed by atoms with Gasteiger partial charge in [-0.25, -0.2) is 0 Å². The average molecular weight is 326 g/mol. The zero-order chi connectivity index (χ0) is 17.5. The van der Waals surface area contributed by atoms with Gasteiger partial charge in [-0.05, 0) is 31.6 Å². The molecule has 2 atom stereocenters. The summed E-state index contributed by atoms with van der Waals surface area (Å²) in [6.07, 6.45) is 8.88. The number of carboxylic acid groups (broad SMARTS) is 2. The standard InChI is InChI=1S/C19H34O4/c1-4-18(16(20)21)12-9-10-14-19(18,17(22)23)13-8-6-5-7-11-15(2)3/h15H,4-14H2,1-3H3,(H,20,21)(H,22,23). The van der Waals surface area contributed by atoms with E-state index in [0.717, 1.165) is 32.1 Å². The van der Waals surface area contributed by atoms with Gasteiger partial charge >= 0.3 is 11.9 Å². The predicted molar refractivity (Wildman–Crippen MR) is 91.4 cm³/mol. The first-order chi connectivity index (χ1) is 10.8. The van der Waals surface area contributed by atoms with Gasteiger partial charge in [0.2, 0.25) is 0 Å². The molecule has 0 saturated heterocycles. The highest BCUT2D eigenvalue weighted by molar-refractivity contribution is 5.87. The summed E-state index contributed by atoms with van der Waals surface area (Å²) in [5.41, 5.74) is -2.17. The maximum Gasteiger partial charge on any atom is 0.310 e. The van der Waals surface area contributed by atoms with E-state index in [2.05, 4.69) is 13.8 Å². The molecule has 2 N–H and O–H groups in total. The van der Waals surface area contributed by atoms with E-state index in [1.807, 2.05) is 6.92 Å². The first kappa shape index (κ1) is 20.0. The third-order valence-corrected chi connectivity index (χ3v) is 5.93. The molecule has 1 rings (SSSR count). The largest absolute Gasteiger partial charge is 0.481 e. The molecule has 0 aromatic carbocycles. The minimum absolute atomic E-state index is 0.405. The number of carboxylic acids is 2. The first-order valence-corrected chi connectivity index (χ1v) is 9.29. The van der Waals surface area contributed by atoms with Crippen molar-refractivity contribution in [2.75, 3.05) is 0 Å². The van der Waals surface area contributed by atoms with Crippen LogP contribution in [0.5, 0.6) is 0 Å². The van der Waals surface area contributed by atoms with Crippen LogP contribution >= 0.6 is 0 Å². The van der Waals surface area contributed by atoms with Crippen LogP contribution in [0.3, 0.4) is 0 Å². The molecule has 0 aromatic rings. The van der Waals surface area contributed by atoms with Gasteiger partial charge < -0.3 is 10.2 Å². The van der Waals surface area contributed by atoms with Crippen LogP contribution in [0.15, 0.2) is 0 Å². The number of unbranched alkanes of at least 4 members (excludes halogenated alkanes) is 3. The maximum absolute atomic E-state index is 12.1. The van der Waals surface area contributed by atoms with Crippen LogP contribution in [0.4, 0.5) is 0 Å². The second kappa shape index (κ2) is 8.70. The van der Waals surface area contributed by atoms with E-state index in [9.17, 15) is 19.8 Å². The average Bonchev–Trinajstić information content (AvgIpc) is 2.50. The van der Waals surface area contributed by atoms with Crippen LogP contribution < -0.4 is 0 Å². The highest BCUT2D eigenvalue weighted by Crippen LogP contribution is 2.56. The predicted octanol–water partition coefficient (Wildman–Crippen LogP) is 5.11. The molecule has 1 saturated carbocycles. The Morgan fingerprint density at radius 1 is 0.913 bits per heavy atom. The molecule has 134 valence electrons. The zero-order valence-corrected chi connectivity index (χ0v) is 15.1. The molecule has 0 aliphatic heterocycles. The summed E-state index contributed by atoms with van der Waals surface area (Å²) in [4.78, 5) is 24.1. The Balaban J connectivity index is 2.76. The number of carbonyl (C=O) groups is 2. The molecule has 0 bridgehead atoms. The van der Waals surface area contributed by atoms with Crippen molar-refractivity contribution in [3.05, 3.63) is 0 Å². The second-order valence-corrected chi connectivity index (χ2v) is 7.68. The highest BCUT2D eigenvalue weighted by atomic mass is 16.4. The highest BCUT2D eigenvalue weighted by Gasteiger charge is 2.60. The van der Waals surface area contributed by atoms with E-state index in [0.29, 0.717) is 31.6 Å². The molecule has 4 heteroatoms. The van der Waals surface area contributed by atoms with Crippen LogP contribution in [-0.4, -0.2) is 22.2 Å². The lowest BCUT2D eigenvalue weighted by Crippen LogP contribution is -2.54. The molecule has 1 fully saturated rings. The maximum atomic E-state index is 12.1. The molecule has 1 aliphatic carbocycles. The fourth-order valence-electron chi connectivity index (χ4n) is 4.43. The molecular formula is C19H34O4. The lowest BCUT2D eigenvalue weighted by molar-refractivity contribution is -0.181. The zero-order valence-electron chi connectivity index (χ0n) is 15.1. The number of hydrogen-bond donors (Lipinski definition) is 2. The molecule has 0 amide bonds. The summed E-state index contributed by atoms with van der Waals surface area (Å²) >= 11 is 0. The third kappa shape index (κ3) is 4.27. The van der Waals surface area contributed by atoms with E-state index in [-0.39, 0.29) is 0 Å². The molecule has 2 unspecified atom stereocenters. The van der Waals surface area contributed by atoms with E-state index < -0.39 is 22.8 Å². The number of aliphatic carboxylic acids is 2. The summed E-state index contributed by atoms with van der Waals surface area (Å²) in [5.74, 6) is -1.11. The Morgan fingerprint density at radius 3 is 1.91 bits per heavy atom. The normalized spacial score (nSPS) is 28.0. The fourth-order valence-corrected chi connectivity index (χ4v) is 4.43. The first-order valence-electron chi connectivity index (χ1n) is 9.29. The minimum Gasteiger partial charge on any atom is -0.481 e. The quantitative estimate of drug-likeness (QED) is 0.547. The van der Waals surface area contributed by atoms with Crippen LogP contribution in [-0.2, 0) is 9.59 Å². The smallest absolute Gasteiger partial charge is 0.310 e. The van der Waals surface area contributed by atoms with Gasteiger partial charge in [0, 0.05) is 0 Å². The van der Waals surface area contributed by atoms with Crippen molar-refractivity contribution in [1.82, 2.24) is 0 Å². The van der Waals surface area contributed by atoms with Gasteiger partial charge in [-0.2, -0.15) is 0 Å². The molecule has 0 radical (unpaired) electrons. The van der Waals surface area contributed by atoms with Gasteiger partial charge in [0.25, 0.3) is 0 Å². The Bertz CT molecular complexity index is 404. The van der Waals surface area contributed by atoms with Crippen molar-refractivity contribution < 1.29 is 19.8 Å². The van der Waals surface area contributed by atoms with Crippen LogP contribution in [0.25, 0.3) is 0 Å². The minimum atomic E-state index is -1.09. The second-order valence-electron chi connectivity index (χ2n) is 7.68. The lowest BCUT2D eigenvalue weighted by Gasteiger charge is -2.48. The van der Waals surface area contributed by atoms with Crippen molar-refractivity contribution in [1.29, 1.82) is 0 Å². The topological polar surface area (TPSA) is 74.6 Å². The Labute approximate surface area is 140 Å². The van der Waals surface area contributed by atoms with Crippen LogP contribution in [0, 0.1) is 16.7 Å². The number of hydrogen-bond acceptors (Lipinski definition) is 2. The lowest BCUT2D eigenvalue weighted by atomic mass is 9.53. The van der Waals surface area contributed by atoms with Gasteiger partial charge in [0.1, 0.15) is 0 Å². The Morgan fingerprint density at radius 2 is 1.43 bits per heavy atom. The molecule has 0 aromatic heterocycles. The van der Waals surface area contributed by atoms with Crippen molar-refractivity contribution in [3.8, 4) is 0 Å². The number of rotatable bonds is 10. The summed E-state index contributed by atoms with van der Waals surface area (Å²) in [7, 11) is 0. The monoisotopic (exact) mass is 326 g/mol. The SMILES string of the molecule is CCC1(C(=O)O)CCCCC1(CCCCCCC(C)C)C(=O)O. The molecule has 4 nitrogen and oxygen atoms in total. The van der Waals surface area contributed by atoms with Crippen molar-refractivity contribution in [3.63, 3.8) is 0 Å². The van der Waals surface area contributed by atoms with E-state index in [1.165, 1.54) is 12.8 Å². The third-order valence-electron chi connectivity index (χ3n) is 5.93. The molecule has 0 heterocycles. The van der Waals surface area contributed by atoms with Crippen molar-refractivity contribution in [2.45, 2.75) is 91.4 Å². The van der Waals surface area contributed by atoms with Gasteiger partial charge in [-0.1, -0.05) is 65.7 Å². The van der Waals surface area contributed by atoms with Crippen molar-refractivity contribution >= 4 is 11.9 Å². The summed E-state index contributed by atoms with van der Waals surface area (Å²) in [6.45, 7) is 6.26. The summed E-state index contributed by atoms with van der Waals surface area (Å²) < 4.78 is 0. The van der Waals surface area contributed by atoms with Gasteiger partial charge in [0.05, 0.1) is 10.8 Å². The summed E-state index contributed by atoms with van der Waals surface area (Å²) in [5, 5.41) is 19.7. The Kier molecular flexibility index (Phi) is 7.56. The van der Waals surface area contributed by atoms with Gasteiger partial charge in [0.15, 0.2) is 0 Å². The van der Waals surface area contributed by atoms with Gasteiger partial charge in [-0.3, -0.25) is 9.59 Å². The van der Waals surface area contributed by atoms with E-state index >= 15 is 0 Å². The molecule has 0 spiro atoms. The molecule has 1 aliphatic rings. The summed E-state index contributed by atoms with van der Waals surface area (Å²) in [6, 6.07) is 0. The van der Waals surface area contributed by atoms with E-state index in [1.54, 1.807) is 0 Å². The van der Waals surface area contributed by atoms with E-state index in [4.69, 9.17) is 0 Å². The Hall–Kier alpha value is -1.06. The van der Waals surface area contributed by atoms with Crippen LogP contribution in [0.2, 0.25) is 0 Å². The van der Waals surface area contributed by atoms with Crippen LogP contribution in [0.1, 0.15) is 91.4 Å². The van der Waals surface area contributed by atoms with Crippen molar-refractivity contribution in [2.24, 2.45) is 16.7 Å². The molecular weight excluding hydrogens is 292 g/mol.